The number of amides is 1. The topological polar surface area (TPSA) is 92.5 Å². The standard InChI is InChI=1S/C33H43N3O4S/c1-32(2,3)35-41(38,39)28-17-16-26(24-14-8-9-15-25(24)28)29-27(20-23-12-6-4-7-13-23)34-30(40-29)31(37)36-21-33(22-36)18-10-5-11-19-33/h8-9,14-17,23,35H,4-7,10-13,18-22H2,1-3H3. The Morgan fingerprint density at radius 2 is 1.63 bits per heavy atom. The van der Waals surface area contributed by atoms with Gasteiger partial charge in [-0.3, -0.25) is 4.79 Å². The Morgan fingerprint density at radius 3 is 2.32 bits per heavy atom. The molecule has 1 aromatic heterocycles. The summed E-state index contributed by atoms with van der Waals surface area (Å²) in [4.78, 5) is 20.6. The van der Waals surface area contributed by atoms with Gasteiger partial charge >= 0.3 is 5.91 Å². The molecule has 0 bridgehead atoms. The number of carbonyl (C=O) groups is 1. The highest BCUT2D eigenvalue weighted by Gasteiger charge is 2.46. The van der Waals surface area contributed by atoms with Gasteiger partial charge in [0.2, 0.25) is 10.0 Å². The van der Waals surface area contributed by atoms with E-state index >= 15 is 0 Å². The predicted octanol–water partition coefficient (Wildman–Crippen LogP) is 7.10. The zero-order valence-corrected chi connectivity index (χ0v) is 25.5. The van der Waals surface area contributed by atoms with Crippen LogP contribution in [0.1, 0.15) is 101 Å². The van der Waals surface area contributed by atoms with Gasteiger partial charge in [-0.05, 0) is 63.5 Å². The Hall–Kier alpha value is -2.71. The lowest BCUT2D eigenvalue weighted by atomic mass is 9.68. The largest absolute Gasteiger partial charge is 0.432 e. The third kappa shape index (κ3) is 5.82. The number of hydrogen-bond donors (Lipinski definition) is 1. The smallest absolute Gasteiger partial charge is 0.309 e. The van der Waals surface area contributed by atoms with Gasteiger partial charge in [-0.1, -0.05) is 75.6 Å². The predicted molar refractivity (Wildman–Crippen MR) is 161 cm³/mol. The van der Waals surface area contributed by atoms with Crippen LogP contribution in [0.2, 0.25) is 0 Å². The number of fused-ring (bicyclic) bond motifs is 1. The van der Waals surface area contributed by atoms with Gasteiger partial charge in [-0.15, -0.1) is 0 Å². The molecule has 0 unspecified atom stereocenters. The Morgan fingerprint density at radius 1 is 0.976 bits per heavy atom. The summed E-state index contributed by atoms with van der Waals surface area (Å²) in [6.45, 7) is 7.08. The first-order chi connectivity index (χ1) is 19.5. The molecule has 0 atom stereocenters. The van der Waals surface area contributed by atoms with E-state index in [0.717, 1.165) is 49.0 Å². The minimum absolute atomic E-state index is 0.129. The number of nitrogens with zero attached hydrogens (tertiary/aromatic N) is 2. The molecule has 41 heavy (non-hydrogen) atoms. The Bertz CT molecular complexity index is 1530. The molecule has 7 nitrogen and oxygen atoms in total. The number of aromatic nitrogens is 1. The zero-order chi connectivity index (χ0) is 28.8. The lowest BCUT2D eigenvalue weighted by molar-refractivity contribution is -0.0176. The molecular weight excluding hydrogens is 534 g/mol. The lowest BCUT2D eigenvalue weighted by Crippen LogP contribution is -2.59. The fourth-order valence-corrected chi connectivity index (χ4v) is 8.91. The molecule has 2 saturated carbocycles. The second-order valence-electron chi connectivity index (χ2n) is 13.7. The summed E-state index contributed by atoms with van der Waals surface area (Å²) in [6, 6.07) is 11.0. The van der Waals surface area contributed by atoms with E-state index in [2.05, 4.69) is 4.72 Å². The Labute approximate surface area is 244 Å². The van der Waals surface area contributed by atoms with E-state index in [0.29, 0.717) is 17.1 Å². The minimum Gasteiger partial charge on any atom is -0.432 e. The number of oxazole rings is 1. The molecule has 2 heterocycles. The van der Waals surface area contributed by atoms with Crippen LogP contribution in [0.3, 0.4) is 0 Å². The van der Waals surface area contributed by atoms with Crippen LogP contribution < -0.4 is 4.72 Å². The molecule has 2 aromatic carbocycles. The molecule has 1 saturated heterocycles. The number of carbonyl (C=O) groups excluding carboxylic acids is 1. The van der Waals surface area contributed by atoms with Crippen molar-refractivity contribution < 1.29 is 17.6 Å². The molecule has 3 aliphatic rings. The summed E-state index contributed by atoms with van der Waals surface area (Å²) in [5.74, 6) is 1.13. The van der Waals surface area contributed by atoms with E-state index in [1.165, 1.54) is 51.4 Å². The summed E-state index contributed by atoms with van der Waals surface area (Å²) < 4.78 is 35.9. The maximum atomic E-state index is 13.6. The molecule has 1 amide bonds. The van der Waals surface area contributed by atoms with Gasteiger partial charge in [-0.25, -0.2) is 18.1 Å². The second-order valence-corrected chi connectivity index (χ2v) is 15.4. The molecule has 220 valence electrons. The highest BCUT2D eigenvalue weighted by atomic mass is 32.2. The quantitative estimate of drug-likeness (QED) is 0.337. The number of nitrogens with one attached hydrogen (secondary N) is 1. The van der Waals surface area contributed by atoms with Crippen LogP contribution in [-0.2, 0) is 16.4 Å². The maximum absolute atomic E-state index is 13.6. The first kappa shape index (κ1) is 28.4. The van der Waals surface area contributed by atoms with Crippen molar-refractivity contribution in [3.05, 3.63) is 48.0 Å². The van der Waals surface area contributed by atoms with Crippen LogP contribution in [-0.4, -0.2) is 42.8 Å². The molecule has 1 N–H and O–H groups in total. The van der Waals surface area contributed by atoms with E-state index in [1.807, 2.05) is 56.0 Å². The SMILES string of the molecule is CC(C)(C)NS(=O)(=O)c1ccc(-c2oc(C(=O)N3CC4(CCCCC4)C3)nc2CC2CCCCC2)c2ccccc12. The Balaban J connectivity index is 1.38. The van der Waals surface area contributed by atoms with Crippen LogP contribution in [0.25, 0.3) is 22.1 Å². The van der Waals surface area contributed by atoms with E-state index in [4.69, 9.17) is 9.40 Å². The molecule has 8 heteroatoms. The molecular formula is C33H43N3O4S. The van der Waals surface area contributed by atoms with E-state index in [9.17, 15) is 13.2 Å². The van der Waals surface area contributed by atoms with Crippen molar-refractivity contribution in [1.29, 1.82) is 0 Å². The summed E-state index contributed by atoms with van der Waals surface area (Å²) in [5, 5.41) is 1.39. The van der Waals surface area contributed by atoms with E-state index in [-0.39, 0.29) is 22.1 Å². The molecule has 1 aliphatic heterocycles. The molecule has 2 aliphatic carbocycles. The van der Waals surface area contributed by atoms with Gasteiger partial charge in [0.15, 0.2) is 5.76 Å². The van der Waals surface area contributed by atoms with Gasteiger partial charge < -0.3 is 9.32 Å². The van der Waals surface area contributed by atoms with Crippen molar-refractivity contribution >= 4 is 26.7 Å². The van der Waals surface area contributed by atoms with Gasteiger partial charge in [0.1, 0.15) is 0 Å². The average molecular weight is 578 g/mol. The summed E-state index contributed by atoms with van der Waals surface area (Å²) in [5.41, 5.74) is 1.26. The summed E-state index contributed by atoms with van der Waals surface area (Å²) >= 11 is 0. The number of sulfonamides is 1. The van der Waals surface area contributed by atoms with Crippen LogP contribution in [0.15, 0.2) is 45.7 Å². The molecule has 6 rings (SSSR count). The normalized spacial score (nSPS) is 19.9. The Kier molecular flexibility index (Phi) is 7.52. The van der Waals surface area contributed by atoms with Crippen molar-refractivity contribution in [3.63, 3.8) is 0 Å². The van der Waals surface area contributed by atoms with Crippen molar-refractivity contribution in [1.82, 2.24) is 14.6 Å². The van der Waals surface area contributed by atoms with Crippen LogP contribution in [0.4, 0.5) is 0 Å². The number of likely N-dealkylation sites (tertiary alicyclic amines) is 1. The van der Waals surface area contributed by atoms with Crippen LogP contribution >= 0.6 is 0 Å². The highest BCUT2D eigenvalue weighted by molar-refractivity contribution is 7.89. The molecule has 3 fully saturated rings. The number of benzene rings is 2. The van der Waals surface area contributed by atoms with Crippen LogP contribution in [0, 0.1) is 11.3 Å². The molecule has 3 aromatic rings. The first-order valence-corrected chi connectivity index (χ1v) is 16.9. The zero-order valence-electron chi connectivity index (χ0n) is 24.7. The van der Waals surface area contributed by atoms with Gasteiger partial charge in [-0.2, -0.15) is 0 Å². The maximum Gasteiger partial charge on any atom is 0.309 e. The fraction of sp³-hybridized carbons (Fsp3) is 0.576. The minimum atomic E-state index is -3.76. The van der Waals surface area contributed by atoms with Crippen molar-refractivity contribution in [3.8, 4) is 11.3 Å². The van der Waals surface area contributed by atoms with Gasteiger partial charge in [0, 0.05) is 35.0 Å². The van der Waals surface area contributed by atoms with Crippen molar-refractivity contribution in [2.24, 2.45) is 11.3 Å². The number of hydrogen-bond acceptors (Lipinski definition) is 5. The summed E-state index contributed by atoms with van der Waals surface area (Å²) in [6.07, 6.45) is 13.0. The van der Waals surface area contributed by atoms with Crippen molar-refractivity contribution in [2.45, 2.75) is 102 Å². The van der Waals surface area contributed by atoms with Crippen molar-refractivity contribution in [2.75, 3.05) is 13.1 Å². The number of rotatable bonds is 6. The fourth-order valence-electron chi connectivity index (χ4n) is 7.28. The first-order valence-electron chi connectivity index (χ1n) is 15.4. The monoisotopic (exact) mass is 577 g/mol. The highest BCUT2D eigenvalue weighted by Crippen LogP contribution is 2.45. The summed E-state index contributed by atoms with van der Waals surface area (Å²) in [7, 11) is -3.76. The molecule has 0 radical (unpaired) electrons. The van der Waals surface area contributed by atoms with Gasteiger partial charge in [0.25, 0.3) is 5.89 Å². The second kappa shape index (κ2) is 10.8. The van der Waals surface area contributed by atoms with Gasteiger partial charge in [0.05, 0.1) is 10.6 Å². The third-order valence-corrected chi connectivity index (χ3v) is 11.0. The van der Waals surface area contributed by atoms with Crippen LogP contribution in [0.5, 0.6) is 0 Å². The van der Waals surface area contributed by atoms with E-state index in [1.54, 1.807) is 6.07 Å². The third-order valence-electron chi connectivity index (χ3n) is 9.20. The average Bonchev–Trinajstić information content (AvgIpc) is 3.33. The lowest BCUT2D eigenvalue weighted by Gasteiger charge is -2.52. The molecule has 1 spiro atoms. The van der Waals surface area contributed by atoms with E-state index < -0.39 is 15.6 Å².